The number of hydrogen-bond donors (Lipinski definition) is 3. The van der Waals surface area contributed by atoms with Crippen LogP contribution in [-0.2, 0) is 0 Å². The zero-order valence-corrected chi connectivity index (χ0v) is 16.3. The zero-order chi connectivity index (χ0) is 17.9. The van der Waals surface area contributed by atoms with Gasteiger partial charge in [0.1, 0.15) is 0 Å². The van der Waals surface area contributed by atoms with E-state index in [1.165, 1.54) is 51.4 Å². The summed E-state index contributed by atoms with van der Waals surface area (Å²) in [6.45, 7) is 9.39. The molecule has 2 unspecified atom stereocenters. The van der Waals surface area contributed by atoms with Crippen molar-refractivity contribution < 1.29 is 15.3 Å². The molecular formula is C20H44O3. The molecule has 23 heavy (non-hydrogen) atoms. The van der Waals surface area contributed by atoms with Gasteiger partial charge in [0.2, 0.25) is 0 Å². The minimum Gasteiger partial charge on any atom is -0.396 e. The van der Waals surface area contributed by atoms with Crippen molar-refractivity contribution in [3.63, 3.8) is 0 Å². The molecule has 0 aromatic heterocycles. The molecule has 3 N–H and O–H groups in total. The van der Waals surface area contributed by atoms with Gasteiger partial charge in [-0.15, -0.1) is 0 Å². The highest BCUT2D eigenvalue weighted by Crippen LogP contribution is 2.15. The van der Waals surface area contributed by atoms with Crippen molar-refractivity contribution in [3.05, 3.63) is 0 Å². The van der Waals surface area contributed by atoms with E-state index in [0.717, 1.165) is 31.1 Å². The van der Waals surface area contributed by atoms with Gasteiger partial charge in [-0.05, 0) is 31.1 Å². The van der Waals surface area contributed by atoms with Gasteiger partial charge in [-0.2, -0.15) is 0 Å². The molecule has 142 valence electrons. The van der Waals surface area contributed by atoms with E-state index in [0.29, 0.717) is 13.0 Å². The van der Waals surface area contributed by atoms with Crippen LogP contribution in [0.4, 0.5) is 0 Å². The van der Waals surface area contributed by atoms with E-state index in [-0.39, 0.29) is 0 Å². The summed E-state index contributed by atoms with van der Waals surface area (Å²) in [5.41, 5.74) is 0. The second-order valence-corrected chi connectivity index (χ2v) is 7.13. The number of unbranched alkanes of at least 4 members (excludes halogenated alkanes) is 3. The molecular weight excluding hydrogens is 288 g/mol. The average Bonchev–Trinajstić information content (AvgIpc) is 2.49. The monoisotopic (exact) mass is 332 g/mol. The summed E-state index contributed by atoms with van der Waals surface area (Å²) in [5, 5.41) is 25.7. The lowest BCUT2D eigenvalue weighted by Crippen LogP contribution is -2.03. The van der Waals surface area contributed by atoms with Crippen LogP contribution in [0.5, 0.6) is 0 Å². The van der Waals surface area contributed by atoms with Crippen molar-refractivity contribution in [1.82, 2.24) is 0 Å². The Bertz CT molecular complexity index is 207. The highest BCUT2D eigenvalue weighted by molar-refractivity contribution is 4.53. The fourth-order valence-electron chi connectivity index (χ4n) is 2.88. The predicted molar refractivity (Wildman–Crippen MR) is 100 cm³/mol. The molecule has 2 atom stereocenters. The molecule has 0 saturated heterocycles. The highest BCUT2D eigenvalue weighted by atomic mass is 16.5. The molecule has 0 aromatic carbocycles. The molecule has 0 aliphatic rings. The van der Waals surface area contributed by atoms with E-state index in [9.17, 15) is 0 Å². The lowest BCUT2D eigenvalue weighted by Gasteiger charge is -2.09. The maximum Gasteiger partial charge on any atom is 0.151 e. The molecule has 0 amide bonds. The minimum atomic E-state index is -1.11. The lowest BCUT2D eigenvalue weighted by atomic mass is 9.99. The first-order valence-corrected chi connectivity index (χ1v) is 9.94. The van der Waals surface area contributed by atoms with Gasteiger partial charge in [0.05, 0.1) is 0 Å². The van der Waals surface area contributed by atoms with E-state index < -0.39 is 6.29 Å². The third-order valence-electron chi connectivity index (χ3n) is 4.33. The summed E-state index contributed by atoms with van der Waals surface area (Å²) in [7, 11) is 0. The summed E-state index contributed by atoms with van der Waals surface area (Å²) in [6, 6.07) is 0. The maximum atomic E-state index is 8.58. The Kier molecular flexibility index (Phi) is 21.8. The SMILES string of the molecule is CCCC(C)CCCCC(O)O.CCCC(C)CCCCCO. The van der Waals surface area contributed by atoms with Gasteiger partial charge in [-0.3, -0.25) is 0 Å². The van der Waals surface area contributed by atoms with Crippen LogP contribution in [-0.4, -0.2) is 28.2 Å². The van der Waals surface area contributed by atoms with Crippen LogP contribution in [0.3, 0.4) is 0 Å². The van der Waals surface area contributed by atoms with Crippen LogP contribution in [0.25, 0.3) is 0 Å². The number of rotatable bonds is 14. The van der Waals surface area contributed by atoms with Crippen LogP contribution in [0.15, 0.2) is 0 Å². The van der Waals surface area contributed by atoms with Gasteiger partial charge < -0.3 is 15.3 Å². The van der Waals surface area contributed by atoms with Crippen LogP contribution in [0.2, 0.25) is 0 Å². The molecule has 0 aliphatic heterocycles. The van der Waals surface area contributed by atoms with Gasteiger partial charge in [-0.25, -0.2) is 0 Å². The number of aliphatic hydroxyl groups excluding tert-OH is 2. The van der Waals surface area contributed by atoms with Crippen molar-refractivity contribution in [1.29, 1.82) is 0 Å². The van der Waals surface area contributed by atoms with E-state index in [1.807, 2.05) is 0 Å². The molecule has 0 heterocycles. The van der Waals surface area contributed by atoms with Gasteiger partial charge in [0, 0.05) is 6.61 Å². The first-order chi connectivity index (χ1) is 11.0. The molecule has 0 rings (SSSR count). The quantitative estimate of drug-likeness (QED) is 0.300. The molecule has 0 aromatic rings. The molecule has 0 aliphatic carbocycles. The minimum absolute atomic E-state index is 0.363. The maximum absolute atomic E-state index is 8.58. The Labute approximate surface area is 145 Å². The molecule has 0 fully saturated rings. The summed E-state index contributed by atoms with van der Waals surface area (Å²) >= 11 is 0. The van der Waals surface area contributed by atoms with Gasteiger partial charge in [-0.1, -0.05) is 85.5 Å². The molecule has 0 radical (unpaired) electrons. The average molecular weight is 333 g/mol. The number of hydrogen-bond acceptors (Lipinski definition) is 3. The number of aliphatic hydroxyl groups is 3. The molecule has 0 saturated carbocycles. The highest BCUT2D eigenvalue weighted by Gasteiger charge is 2.01. The molecule has 0 spiro atoms. The Morgan fingerprint density at radius 2 is 1.04 bits per heavy atom. The molecule has 3 heteroatoms. The van der Waals surface area contributed by atoms with E-state index in [1.54, 1.807) is 0 Å². The normalized spacial score (nSPS) is 13.6. The largest absolute Gasteiger partial charge is 0.396 e. The fraction of sp³-hybridized carbons (Fsp3) is 1.00. The van der Waals surface area contributed by atoms with E-state index in [4.69, 9.17) is 15.3 Å². The topological polar surface area (TPSA) is 60.7 Å². The first kappa shape index (κ1) is 25.1. The van der Waals surface area contributed by atoms with Gasteiger partial charge in [0.15, 0.2) is 6.29 Å². The van der Waals surface area contributed by atoms with Crippen LogP contribution in [0, 0.1) is 11.8 Å². The Morgan fingerprint density at radius 1 is 0.609 bits per heavy atom. The molecule has 0 bridgehead atoms. The van der Waals surface area contributed by atoms with Crippen LogP contribution >= 0.6 is 0 Å². The van der Waals surface area contributed by atoms with Crippen molar-refractivity contribution >= 4 is 0 Å². The van der Waals surface area contributed by atoms with Crippen LogP contribution in [0.1, 0.15) is 105 Å². The molecule has 3 nitrogen and oxygen atoms in total. The predicted octanol–water partition coefficient (Wildman–Crippen LogP) is 5.27. The summed E-state index contributed by atoms with van der Waals surface area (Å²) in [5.74, 6) is 1.68. The fourth-order valence-corrected chi connectivity index (χ4v) is 2.88. The third kappa shape index (κ3) is 24.3. The Morgan fingerprint density at radius 3 is 1.43 bits per heavy atom. The lowest BCUT2D eigenvalue weighted by molar-refractivity contribution is -0.0467. The van der Waals surface area contributed by atoms with Crippen molar-refractivity contribution in [3.8, 4) is 0 Å². The summed E-state index contributed by atoms with van der Waals surface area (Å²) in [4.78, 5) is 0. The summed E-state index contributed by atoms with van der Waals surface area (Å²) in [6.07, 6.45) is 12.7. The van der Waals surface area contributed by atoms with Crippen LogP contribution < -0.4 is 0 Å². The Hall–Kier alpha value is -0.120. The van der Waals surface area contributed by atoms with E-state index in [2.05, 4.69) is 27.7 Å². The second-order valence-electron chi connectivity index (χ2n) is 7.13. The Balaban J connectivity index is 0. The smallest absolute Gasteiger partial charge is 0.151 e. The van der Waals surface area contributed by atoms with E-state index >= 15 is 0 Å². The van der Waals surface area contributed by atoms with Crippen molar-refractivity contribution in [2.24, 2.45) is 11.8 Å². The van der Waals surface area contributed by atoms with Crippen molar-refractivity contribution in [2.75, 3.05) is 6.61 Å². The first-order valence-electron chi connectivity index (χ1n) is 9.94. The second kappa shape index (κ2) is 19.9. The summed E-state index contributed by atoms with van der Waals surface area (Å²) < 4.78 is 0. The standard InChI is InChI=1S/C10H22O2.C10H22O/c1-3-6-9(2)7-4-5-8-10(11)12;1-3-7-10(2)8-5-4-6-9-11/h9-12H,3-8H2,1-2H3;10-11H,3-9H2,1-2H3. The van der Waals surface area contributed by atoms with Gasteiger partial charge in [0.25, 0.3) is 0 Å². The zero-order valence-electron chi connectivity index (χ0n) is 16.3. The van der Waals surface area contributed by atoms with Crippen molar-refractivity contribution in [2.45, 2.75) is 111 Å². The third-order valence-corrected chi connectivity index (χ3v) is 4.33. The van der Waals surface area contributed by atoms with Gasteiger partial charge >= 0.3 is 0 Å².